The van der Waals surface area contributed by atoms with Gasteiger partial charge in [-0.05, 0) is 41.8 Å². The number of rotatable bonds is 4. The summed E-state index contributed by atoms with van der Waals surface area (Å²) >= 11 is 0. The van der Waals surface area contributed by atoms with Crippen molar-refractivity contribution in [1.29, 1.82) is 0 Å². The number of amides is 2. The van der Waals surface area contributed by atoms with Crippen LogP contribution in [0.25, 0.3) is 0 Å². The van der Waals surface area contributed by atoms with Crippen LogP contribution >= 0.6 is 0 Å². The SMILES string of the molecule is CC(=O)Nc1cccc(C(=O)Nc2ccc(C(C)C)cc2)c1. The van der Waals surface area contributed by atoms with Crippen molar-refractivity contribution in [1.82, 2.24) is 0 Å². The predicted molar refractivity (Wildman–Crippen MR) is 89.2 cm³/mol. The summed E-state index contributed by atoms with van der Waals surface area (Å²) in [7, 11) is 0. The zero-order chi connectivity index (χ0) is 16.1. The smallest absolute Gasteiger partial charge is 0.255 e. The molecule has 0 saturated carbocycles. The Morgan fingerprint density at radius 2 is 1.59 bits per heavy atom. The number of nitrogens with one attached hydrogen (secondary N) is 2. The first-order valence-electron chi connectivity index (χ1n) is 7.24. The van der Waals surface area contributed by atoms with Crippen molar-refractivity contribution in [3.63, 3.8) is 0 Å². The molecule has 4 heteroatoms. The Labute approximate surface area is 130 Å². The maximum Gasteiger partial charge on any atom is 0.255 e. The Morgan fingerprint density at radius 1 is 0.909 bits per heavy atom. The van der Waals surface area contributed by atoms with Gasteiger partial charge >= 0.3 is 0 Å². The molecular formula is C18H20N2O2. The molecule has 0 aliphatic carbocycles. The van der Waals surface area contributed by atoms with Crippen LogP contribution in [0.5, 0.6) is 0 Å². The van der Waals surface area contributed by atoms with Crippen molar-refractivity contribution in [3.05, 3.63) is 59.7 Å². The minimum atomic E-state index is -0.204. The first kappa shape index (κ1) is 15.8. The zero-order valence-electron chi connectivity index (χ0n) is 13.0. The highest BCUT2D eigenvalue weighted by Gasteiger charge is 2.08. The summed E-state index contributed by atoms with van der Waals surface area (Å²) in [6, 6.07) is 14.7. The first-order chi connectivity index (χ1) is 10.5. The highest BCUT2D eigenvalue weighted by Crippen LogP contribution is 2.18. The van der Waals surface area contributed by atoms with Crippen LogP contribution in [-0.4, -0.2) is 11.8 Å². The van der Waals surface area contributed by atoms with E-state index in [1.807, 2.05) is 24.3 Å². The van der Waals surface area contributed by atoms with Crippen LogP contribution in [0.3, 0.4) is 0 Å². The minimum Gasteiger partial charge on any atom is -0.326 e. The van der Waals surface area contributed by atoms with Gasteiger partial charge in [0.1, 0.15) is 0 Å². The average Bonchev–Trinajstić information content (AvgIpc) is 2.47. The number of hydrogen-bond donors (Lipinski definition) is 2. The summed E-state index contributed by atoms with van der Waals surface area (Å²) in [5.41, 5.74) is 3.08. The topological polar surface area (TPSA) is 58.2 Å². The van der Waals surface area contributed by atoms with Gasteiger partial charge in [-0.3, -0.25) is 9.59 Å². The molecule has 2 amide bonds. The molecule has 114 valence electrons. The van der Waals surface area contributed by atoms with Crippen molar-refractivity contribution in [3.8, 4) is 0 Å². The van der Waals surface area contributed by atoms with Gasteiger partial charge in [0.05, 0.1) is 0 Å². The van der Waals surface area contributed by atoms with Crippen LogP contribution in [0.4, 0.5) is 11.4 Å². The van der Waals surface area contributed by atoms with Crippen LogP contribution in [0.2, 0.25) is 0 Å². The molecule has 0 radical (unpaired) electrons. The molecule has 0 aliphatic heterocycles. The quantitative estimate of drug-likeness (QED) is 0.895. The second-order valence-electron chi connectivity index (χ2n) is 5.49. The molecule has 2 aromatic rings. The summed E-state index contributed by atoms with van der Waals surface area (Å²) < 4.78 is 0. The Morgan fingerprint density at radius 3 is 2.18 bits per heavy atom. The molecule has 0 bridgehead atoms. The van der Waals surface area contributed by atoms with E-state index < -0.39 is 0 Å². The van der Waals surface area contributed by atoms with Gasteiger partial charge in [0.2, 0.25) is 5.91 Å². The molecule has 0 fully saturated rings. The highest BCUT2D eigenvalue weighted by molar-refractivity contribution is 6.05. The lowest BCUT2D eigenvalue weighted by atomic mass is 10.0. The normalized spacial score (nSPS) is 10.4. The number of anilines is 2. The minimum absolute atomic E-state index is 0.165. The summed E-state index contributed by atoms with van der Waals surface area (Å²) in [4.78, 5) is 23.3. The lowest BCUT2D eigenvalue weighted by Crippen LogP contribution is -2.13. The van der Waals surface area contributed by atoms with Gasteiger partial charge in [-0.1, -0.05) is 32.0 Å². The highest BCUT2D eigenvalue weighted by atomic mass is 16.2. The number of hydrogen-bond acceptors (Lipinski definition) is 2. The van der Waals surface area contributed by atoms with Gasteiger partial charge in [0.25, 0.3) is 5.91 Å². The van der Waals surface area contributed by atoms with Crippen LogP contribution in [-0.2, 0) is 4.79 Å². The molecule has 0 spiro atoms. The van der Waals surface area contributed by atoms with Crippen molar-refractivity contribution in [2.45, 2.75) is 26.7 Å². The fourth-order valence-corrected chi connectivity index (χ4v) is 2.10. The summed E-state index contributed by atoms with van der Waals surface area (Å²) in [5.74, 6) is 0.0884. The largest absolute Gasteiger partial charge is 0.326 e. The summed E-state index contributed by atoms with van der Waals surface area (Å²) in [5, 5.41) is 5.52. The summed E-state index contributed by atoms with van der Waals surface area (Å²) in [6.07, 6.45) is 0. The fraction of sp³-hybridized carbons (Fsp3) is 0.222. The fourth-order valence-electron chi connectivity index (χ4n) is 2.10. The van der Waals surface area contributed by atoms with Crippen LogP contribution in [0.1, 0.15) is 42.6 Å². The first-order valence-corrected chi connectivity index (χ1v) is 7.24. The van der Waals surface area contributed by atoms with Crippen molar-refractivity contribution < 1.29 is 9.59 Å². The average molecular weight is 296 g/mol. The molecule has 0 aliphatic rings. The lowest BCUT2D eigenvalue weighted by molar-refractivity contribution is -0.114. The predicted octanol–water partition coefficient (Wildman–Crippen LogP) is 4.02. The molecular weight excluding hydrogens is 276 g/mol. The van der Waals surface area contributed by atoms with E-state index in [4.69, 9.17) is 0 Å². The molecule has 4 nitrogen and oxygen atoms in total. The molecule has 0 atom stereocenters. The molecule has 0 heterocycles. The molecule has 2 N–H and O–H groups in total. The van der Waals surface area contributed by atoms with Gasteiger partial charge in [0, 0.05) is 23.9 Å². The van der Waals surface area contributed by atoms with Gasteiger partial charge in [-0.25, -0.2) is 0 Å². The molecule has 22 heavy (non-hydrogen) atoms. The van der Waals surface area contributed by atoms with E-state index in [1.54, 1.807) is 24.3 Å². The van der Waals surface area contributed by atoms with Gasteiger partial charge in [-0.15, -0.1) is 0 Å². The van der Waals surface area contributed by atoms with Crippen molar-refractivity contribution >= 4 is 23.2 Å². The molecule has 0 aromatic heterocycles. The third kappa shape index (κ3) is 4.19. The molecule has 2 rings (SSSR count). The van der Waals surface area contributed by atoms with Crippen molar-refractivity contribution in [2.75, 3.05) is 10.6 Å². The maximum absolute atomic E-state index is 12.2. The summed E-state index contributed by atoms with van der Waals surface area (Å²) in [6.45, 7) is 5.69. The number of carbonyl (C=O) groups excluding carboxylic acids is 2. The molecule has 0 unspecified atom stereocenters. The van der Waals surface area contributed by atoms with E-state index in [1.165, 1.54) is 12.5 Å². The zero-order valence-corrected chi connectivity index (χ0v) is 13.0. The van der Waals surface area contributed by atoms with E-state index in [-0.39, 0.29) is 11.8 Å². The third-order valence-electron chi connectivity index (χ3n) is 3.28. The van der Waals surface area contributed by atoms with Crippen molar-refractivity contribution in [2.24, 2.45) is 0 Å². The Kier molecular flexibility index (Phi) is 4.94. The van der Waals surface area contributed by atoms with Crippen LogP contribution < -0.4 is 10.6 Å². The monoisotopic (exact) mass is 296 g/mol. The van der Waals surface area contributed by atoms with E-state index in [2.05, 4.69) is 24.5 Å². The van der Waals surface area contributed by atoms with E-state index in [0.29, 0.717) is 17.2 Å². The van der Waals surface area contributed by atoms with Crippen LogP contribution in [0, 0.1) is 0 Å². The van der Waals surface area contributed by atoms with Crippen LogP contribution in [0.15, 0.2) is 48.5 Å². The van der Waals surface area contributed by atoms with Gasteiger partial charge in [0.15, 0.2) is 0 Å². The second kappa shape index (κ2) is 6.89. The van der Waals surface area contributed by atoms with Gasteiger partial charge < -0.3 is 10.6 Å². The second-order valence-corrected chi connectivity index (χ2v) is 5.49. The Bertz CT molecular complexity index is 676. The maximum atomic E-state index is 12.2. The molecule has 2 aromatic carbocycles. The number of carbonyl (C=O) groups is 2. The lowest BCUT2D eigenvalue weighted by Gasteiger charge is -2.09. The Balaban J connectivity index is 2.10. The van der Waals surface area contributed by atoms with E-state index in [0.717, 1.165) is 5.69 Å². The Hall–Kier alpha value is -2.62. The van der Waals surface area contributed by atoms with E-state index >= 15 is 0 Å². The number of benzene rings is 2. The van der Waals surface area contributed by atoms with E-state index in [9.17, 15) is 9.59 Å². The third-order valence-corrected chi connectivity index (χ3v) is 3.28. The van der Waals surface area contributed by atoms with Gasteiger partial charge in [-0.2, -0.15) is 0 Å². The molecule has 0 saturated heterocycles. The standard InChI is InChI=1S/C18H20N2O2/c1-12(2)14-7-9-16(10-8-14)20-18(22)15-5-4-6-17(11-15)19-13(3)21/h4-12H,1-3H3,(H,19,21)(H,20,22).